The maximum absolute atomic E-state index is 9.66. The second-order valence-corrected chi connectivity index (χ2v) is 28.4. The molecular formula is C63H101N11O2S. The van der Waals surface area contributed by atoms with E-state index in [1.807, 2.05) is 81.8 Å². The number of nitrogens with one attached hydrogen (secondary N) is 1. The van der Waals surface area contributed by atoms with Gasteiger partial charge in [0.2, 0.25) is 0 Å². The summed E-state index contributed by atoms with van der Waals surface area (Å²) >= 11 is 1.78. The Balaban J connectivity index is 0.000000451. The zero-order chi connectivity index (χ0) is 59.6. The highest BCUT2D eigenvalue weighted by molar-refractivity contribution is 7.11. The Morgan fingerprint density at radius 3 is 1.27 bits per heavy atom. The van der Waals surface area contributed by atoms with Crippen molar-refractivity contribution in [2.45, 2.75) is 230 Å². The summed E-state index contributed by atoms with van der Waals surface area (Å²) in [5, 5.41) is 38.2. The Kier molecular flexibility index (Phi) is 26.0. The number of hydrogen-bond donors (Lipinski definition) is 3. The maximum Gasteiger partial charge on any atom is 0.159 e. The minimum absolute atomic E-state index is 0.0178. The van der Waals surface area contributed by atoms with Crippen molar-refractivity contribution in [3.05, 3.63) is 158 Å². The number of thiazole rings is 1. The van der Waals surface area contributed by atoms with Gasteiger partial charge < -0.3 is 10.2 Å². The van der Waals surface area contributed by atoms with Crippen LogP contribution >= 0.6 is 11.3 Å². The van der Waals surface area contributed by atoms with Gasteiger partial charge in [-0.1, -0.05) is 145 Å². The van der Waals surface area contributed by atoms with Crippen LogP contribution in [0.25, 0.3) is 0 Å². The van der Waals surface area contributed by atoms with Gasteiger partial charge in [0.15, 0.2) is 5.82 Å². The van der Waals surface area contributed by atoms with Gasteiger partial charge in [0.05, 0.1) is 41.6 Å². The van der Waals surface area contributed by atoms with Gasteiger partial charge in [0.25, 0.3) is 0 Å². The van der Waals surface area contributed by atoms with Crippen molar-refractivity contribution in [3.63, 3.8) is 0 Å². The lowest BCUT2D eigenvalue weighted by Crippen LogP contribution is -2.21. The van der Waals surface area contributed by atoms with Gasteiger partial charge in [-0.3, -0.25) is 19.7 Å². The molecule has 14 heteroatoms. The molecule has 0 saturated carbocycles. The van der Waals surface area contributed by atoms with Gasteiger partial charge in [-0.25, -0.2) is 15.0 Å². The predicted octanol–water partition coefficient (Wildman–Crippen LogP) is 14.8. The fraction of sp³-hybridized carbons (Fsp3) is 0.571. The first kappa shape index (κ1) is 69.4. The summed E-state index contributed by atoms with van der Waals surface area (Å²) < 4.78 is 1.83. The van der Waals surface area contributed by atoms with E-state index in [-0.39, 0.29) is 44.5 Å². The number of aliphatic hydroxyl groups excluding tert-OH is 1. The molecule has 0 aliphatic rings. The van der Waals surface area contributed by atoms with E-state index >= 15 is 0 Å². The number of aliphatic hydroxyl groups is 2. The minimum atomic E-state index is -0.962. The molecule has 7 aromatic rings. The molecule has 13 nitrogen and oxygen atoms in total. The summed E-state index contributed by atoms with van der Waals surface area (Å²) in [5.41, 5.74) is 10.6. The van der Waals surface area contributed by atoms with E-state index in [2.05, 4.69) is 220 Å². The van der Waals surface area contributed by atoms with Crippen LogP contribution in [-0.4, -0.2) is 65.3 Å². The summed E-state index contributed by atoms with van der Waals surface area (Å²) in [6, 6.07) is 10.2. The maximum atomic E-state index is 9.66. The standard InChI is InChI=1S/C11H18N2O.C10H15NO.C10H15N.C9H14N2.C8H14N2.C8H13NS.C7H12N2/c1-10(2,3)8-6-12-9(13-7-8)11(4,5)14;1-10(2,3)8-4-5-11-9(6-8)7-12;1-8-7-9(5-6-11-8)10(2,3)4;1-7-5-8(6-10-11-7)9(2,3)4;1-8(2,3)7-5-9-10(4)6-7;1-6-9-5-7(10-6)8(2,3)4;1-7(2,3)6-4-8-9-5-6/h6-7,14H,1-5H3;4-6,12H,7H2,1-3H3;5-7H,1-4H3;5-6H,1-4H3;5-6H,1-4H3;5H,1-4H3;4-5H,1-3H3,(H,8,9). The van der Waals surface area contributed by atoms with Crippen molar-refractivity contribution >= 4 is 11.3 Å². The Morgan fingerprint density at radius 2 is 0.974 bits per heavy atom. The number of aromatic amines is 1. The number of hydrogen-bond acceptors (Lipinski definition) is 12. The van der Waals surface area contributed by atoms with Crippen LogP contribution in [0.4, 0.5) is 0 Å². The van der Waals surface area contributed by atoms with Crippen molar-refractivity contribution < 1.29 is 10.2 Å². The van der Waals surface area contributed by atoms with E-state index in [0.29, 0.717) is 5.82 Å². The van der Waals surface area contributed by atoms with Gasteiger partial charge in [-0.05, 0) is 136 Å². The van der Waals surface area contributed by atoms with Crippen molar-refractivity contribution in [2.24, 2.45) is 7.05 Å². The number of nitrogens with zero attached hydrogens (tertiary/aromatic N) is 10. The Labute approximate surface area is 470 Å². The molecule has 0 saturated heterocycles. The zero-order valence-corrected chi connectivity index (χ0v) is 53.5. The summed E-state index contributed by atoms with van der Waals surface area (Å²) in [5.74, 6) is 0.463. The molecule has 3 N–H and O–H groups in total. The Morgan fingerprint density at radius 1 is 0.494 bits per heavy atom. The van der Waals surface area contributed by atoms with E-state index in [4.69, 9.17) is 5.11 Å². The summed E-state index contributed by atoms with van der Waals surface area (Å²) in [6.45, 7) is 55.0. The SMILES string of the molecule is CC(C)(C)c1ccnc(CO)c1.CC(C)(C)c1cn[nH]c1.CC(C)(C)c1cnc(C(C)(C)O)nc1.Cc1cc(C(C)(C)C)ccn1.Cc1cc(C(C)(C)C)cnn1.Cc1ncc(C(C)(C)C)s1.Cn1cc(C(C)(C)C)cn1. The third-order valence-corrected chi connectivity index (χ3v) is 12.9. The smallest absolute Gasteiger partial charge is 0.159 e. The van der Waals surface area contributed by atoms with Gasteiger partial charge in [-0.15, -0.1) is 11.3 Å². The third kappa shape index (κ3) is 27.5. The largest absolute Gasteiger partial charge is 0.390 e. The predicted molar refractivity (Wildman–Crippen MR) is 323 cm³/mol. The molecule has 0 atom stereocenters. The molecule has 0 fully saturated rings. The first-order valence-corrected chi connectivity index (χ1v) is 27.4. The van der Waals surface area contributed by atoms with E-state index in [9.17, 15) is 5.11 Å². The van der Waals surface area contributed by atoms with E-state index in [1.54, 1.807) is 43.8 Å². The molecule has 7 heterocycles. The molecule has 0 aliphatic heterocycles. The number of aromatic nitrogens is 11. The summed E-state index contributed by atoms with van der Waals surface area (Å²) in [7, 11) is 1.94. The zero-order valence-electron chi connectivity index (χ0n) is 52.6. The molecule has 0 aromatic carbocycles. The van der Waals surface area contributed by atoms with Crippen LogP contribution in [-0.2, 0) is 57.2 Å². The molecule has 7 aromatic heterocycles. The highest BCUT2D eigenvalue weighted by Gasteiger charge is 2.22. The molecule has 0 radical (unpaired) electrons. The Bertz CT molecular complexity index is 2600. The van der Waals surface area contributed by atoms with Crippen molar-refractivity contribution in [1.29, 1.82) is 0 Å². The van der Waals surface area contributed by atoms with Crippen LogP contribution in [0.1, 0.15) is 225 Å². The minimum Gasteiger partial charge on any atom is -0.390 e. The van der Waals surface area contributed by atoms with Crippen LogP contribution < -0.4 is 0 Å². The van der Waals surface area contributed by atoms with Gasteiger partial charge in [-0.2, -0.15) is 20.4 Å². The van der Waals surface area contributed by atoms with Crippen LogP contribution in [0.15, 0.2) is 92.3 Å². The molecule has 0 aliphatic carbocycles. The van der Waals surface area contributed by atoms with Gasteiger partial charge in [0.1, 0.15) is 5.60 Å². The molecule has 77 heavy (non-hydrogen) atoms. The molecular weight excluding hydrogens is 975 g/mol. The van der Waals surface area contributed by atoms with E-state index in [0.717, 1.165) is 27.7 Å². The lowest BCUT2D eigenvalue weighted by atomic mass is 9.87. The molecule has 0 bridgehead atoms. The van der Waals surface area contributed by atoms with Crippen LogP contribution in [0.3, 0.4) is 0 Å². The fourth-order valence-electron chi connectivity index (χ4n) is 6.14. The second kappa shape index (κ2) is 28.9. The lowest BCUT2D eigenvalue weighted by molar-refractivity contribution is 0.0685. The van der Waals surface area contributed by atoms with Gasteiger partial charge >= 0.3 is 0 Å². The molecule has 426 valence electrons. The van der Waals surface area contributed by atoms with Crippen molar-refractivity contribution in [2.75, 3.05) is 0 Å². The quantitative estimate of drug-likeness (QED) is 0.150. The summed E-state index contributed by atoms with van der Waals surface area (Å²) in [4.78, 5) is 22.1. The van der Waals surface area contributed by atoms with Gasteiger partial charge in [0, 0.05) is 61.0 Å². The highest BCUT2D eigenvalue weighted by atomic mass is 32.1. The summed E-state index contributed by atoms with van der Waals surface area (Å²) in [6.07, 6.45) is 18.7. The monoisotopic (exact) mass is 1080 g/mol. The van der Waals surface area contributed by atoms with Crippen LogP contribution in [0, 0.1) is 20.8 Å². The van der Waals surface area contributed by atoms with Crippen LogP contribution in [0.5, 0.6) is 0 Å². The Hall–Kier alpha value is -5.57. The number of rotatable bonds is 2. The molecule has 0 spiro atoms. The van der Waals surface area contributed by atoms with Crippen LogP contribution in [0.2, 0.25) is 0 Å². The number of H-pyrrole nitrogens is 1. The highest BCUT2D eigenvalue weighted by Crippen LogP contribution is 2.28. The lowest BCUT2D eigenvalue weighted by Gasteiger charge is -2.20. The first-order chi connectivity index (χ1) is 34.8. The average Bonchev–Trinajstić information content (AvgIpc) is 4.10. The number of aryl methyl sites for hydroxylation is 4. The molecule has 7 rings (SSSR count). The fourth-order valence-corrected chi connectivity index (χ4v) is 6.97. The van der Waals surface area contributed by atoms with Crippen molar-refractivity contribution in [1.82, 2.24) is 55.1 Å². The van der Waals surface area contributed by atoms with E-state index < -0.39 is 5.60 Å². The number of pyridine rings is 2. The topological polar surface area (TPSA) is 177 Å². The van der Waals surface area contributed by atoms with E-state index in [1.165, 1.54) is 32.7 Å². The second-order valence-electron chi connectivity index (χ2n) is 27.2. The average molecular weight is 1080 g/mol. The normalized spacial score (nSPS) is 12.0. The molecule has 0 unspecified atom stereocenters. The molecule has 0 amide bonds. The van der Waals surface area contributed by atoms with Crippen molar-refractivity contribution in [3.8, 4) is 0 Å². The third-order valence-electron chi connectivity index (χ3n) is 11.6. The first-order valence-electron chi connectivity index (χ1n) is 26.6.